The summed E-state index contributed by atoms with van der Waals surface area (Å²) in [6.07, 6.45) is 2.89. The number of sulfone groups is 1. The zero-order valence-electron chi connectivity index (χ0n) is 11.5. The molecule has 0 atom stereocenters. The lowest BCUT2D eigenvalue weighted by Gasteiger charge is -2.18. The van der Waals surface area contributed by atoms with Crippen LogP contribution in [0, 0.1) is 0 Å². The molecule has 114 valence electrons. The molecule has 0 spiro atoms. The first-order valence-electron chi connectivity index (χ1n) is 5.65. The number of nitrogens with two attached hydrogens (primary N) is 1. The van der Waals surface area contributed by atoms with Gasteiger partial charge in [-0.2, -0.15) is 11.8 Å². The van der Waals surface area contributed by atoms with Gasteiger partial charge in [-0.25, -0.2) is 21.1 Å². The predicted octanol–water partition coefficient (Wildman–Crippen LogP) is 0.656. The lowest BCUT2D eigenvalue weighted by atomic mass is 10.3. The van der Waals surface area contributed by atoms with Crippen LogP contribution in [-0.4, -0.2) is 53.0 Å². The second-order valence-electron chi connectivity index (χ2n) is 4.29. The Morgan fingerprint density at radius 2 is 1.85 bits per heavy atom. The summed E-state index contributed by atoms with van der Waals surface area (Å²) >= 11 is 1.52. The number of hydrogen-bond donors (Lipinski definition) is 1. The van der Waals surface area contributed by atoms with Crippen molar-refractivity contribution in [3.8, 4) is 0 Å². The van der Waals surface area contributed by atoms with Crippen molar-refractivity contribution in [1.82, 2.24) is 4.31 Å². The van der Waals surface area contributed by atoms with E-state index in [0.717, 1.165) is 12.3 Å². The van der Waals surface area contributed by atoms with E-state index in [0.29, 0.717) is 12.3 Å². The Hall–Kier alpha value is -0.770. The van der Waals surface area contributed by atoms with Crippen molar-refractivity contribution >= 4 is 37.3 Å². The molecule has 0 amide bonds. The topological polar surface area (TPSA) is 97.5 Å². The summed E-state index contributed by atoms with van der Waals surface area (Å²) in [5, 5.41) is 0. The first kappa shape index (κ1) is 17.3. The second-order valence-corrected chi connectivity index (χ2v) is 9.31. The summed E-state index contributed by atoms with van der Waals surface area (Å²) in [5.41, 5.74) is 5.71. The Kier molecular flexibility index (Phi) is 5.47. The lowest BCUT2D eigenvalue weighted by Crippen LogP contribution is -2.29. The van der Waals surface area contributed by atoms with Gasteiger partial charge in [-0.05, 0) is 24.5 Å². The molecular weight excluding hydrogens is 320 g/mol. The molecule has 0 saturated carbocycles. The molecular formula is C11H18N2O4S3. The molecule has 0 aromatic heterocycles. The van der Waals surface area contributed by atoms with E-state index < -0.39 is 19.9 Å². The third kappa shape index (κ3) is 3.87. The van der Waals surface area contributed by atoms with E-state index >= 15 is 0 Å². The van der Waals surface area contributed by atoms with Gasteiger partial charge in [-0.3, -0.25) is 0 Å². The fourth-order valence-electron chi connectivity index (χ4n) is 1.48. The molecule has 0 aliphatic carbocycles. The van der Waals surface area contributed by atoms with Gasteiger partial charge in [0.05, 0.1) is 10.6 Å². The normalized spacial score (nSPS) is 12.8. The number of benzene rings is 1. The average Bonchev–Trinajstić information content (AvgIpc) is 2.34. The zero-order chi connectivity index (χ0) is 15.6. The first-order chi connectivity index (χ1) is 9.10. The second kappa shape index (κ2) is 6.33. The van der Waals surface area contributed by atoms with Crippen LogP contribution in [0.3, 0.4) is 0 Å². The maximum Gasteiger partial charge on any atom is 0.244 e. The fraction of sp³-hybridized carbons (Fsp3) is 0.455. The van der Waals surface area contributed by atoms with Crippen LogP contribution in [0.4, 0.5) is 5.69 Å². The highest BCUT2D eigenvalue weighted by atomic mass is 32.2. The molecule has 0 unspecified atom stereocenters. The van der Waals surface area contributed by atoms with Crippen LogP contribution in [0.2, 0.25) is 0 Å². The molecule has 0 bridgehead atoms. The van der Waals surface area contributed by atoms with Gasteiger partial charge >= 0.3 is 0 Å². The summed E-state index contributed by atoms with van der Waals surface area (Å²) in [6, 6.07) is 3.70. The van der Waals surface area contributed by atoms with Gasteiger partial charge in [-0.15, -0.1) is 0 Å². The molecule has 0 aliphatic rings. The molecule has 0 fully saturated rings. The van der Waals surface area contributed by atoms with Crippen molar-refractivity contribution in [3.05, 3.63) is 18.2 Å². The van der Waals surface area contributed by atoms with E-state index in [9.17, 15) is 16.8 Å². The lowest BCUT2D eigenvalue weighted by molar-refractivity contribution is 0.489. The molecule has 0 aliphatic heterocycles. The van der Waals surface area contributed by atoms with Crippen LogP contribution in [0.5, 0.6) is 0 Å². The Morgan fingerprint density at radius 1 is 1.25 bits per heavy atom. The van der Waals surface area contributed by atoms with E-state index in [-0.39, 0.29) is 15.5 Å². The average molecular weight is 338 g/mol. The van der Waals surface area contributed by atoms with E-state index in [1.807, 2.05) is 6.26 Å². The van der Waals surface area contributed by atoms with E-state index in [2.05, 4.69) is 0 Å². The first-order valence-corrected chi connectivity index (χ1v) is 10.4. The predicted molar refractivity (Wildman–Crippen MR) is 82.2 cm³/mol. The van der Waals surface area contributed by atoms with Gasteiger partial charge in [0.15, 0.2) is 9.84 Å². The Morgan fingerprint density at radius 3 is 2.35 bits per heavy atom. The summed E-state index contributed by atoms with van der Waals surface area (Å²) in [6.45, 7) is 0.325. The SMILES string of the molecule is CSCCN(C)S(=O)(=O)c1cc(S(C)(=O)=O)ccc1N. The number of sulfonamides is 1. The summed E-state index contributed by atoms with van der Waals surface area (Å²) in [5.74, 6) is 0.640. The minimum atomic E-state index is -3.79. The number of nitrogen functional groups attached to an aromatic ring is 1. The van der Waals surface area contributed by atoms with Crippen LogP contribution >= 0.6 is 11.8 Å². The highest BCUT2D eigenvalue weighted by Crippen LogP contribution is 2.25. The number of thioether (sulfide) groups is 1. The molecule has 0 heterocycles. The van der Waals surface area contributed by atoms with E-state index in [1.54, 1.807) is 0 Å². The van der Waals surface area contributed by atoms with Crippen LogP contribution in [0.25, 0.3) is 0 Å². The van der Waals surface area contributed by atoms with Gasteiger partial charge < -0.3 is 5.73 Å². The molecule has 1 rings (SSSR count). The molecule has 0 saturated heterocycles. The van der Waals surface area contributed by atoms with E-state index in [1.165, 1.54) is 35.2 Å². The van der Waals surface area contributed by atoms with Gasteiger partial charge in [0.2, 0.25) is 10.0 Å². The molecule has 1 aromatic carbocycles. The van der Waals surface area contributed by atoms with E-state index in [4.69, 9.17) is 5.73 Å². The monoisotopic (exact) mass is 338 g/mol. The van der Waals surface area contributed by atoms with Crippen LogP contribution < -0.4 is 5.73 Å². The number of hydrogen-bond acceptors (Lipinski definition) is 6. The third-order valence-electron chi connectivity index (χ3n) is 2.71. The standard InChI is InChI=1S/C11H18N2O4S3/c1-13(6-7-18-2)20(16,17)11-8-9(19(3,14)15)4-5-10(11)12/h4-5,8H,6-7,12H2,1-3H3. The van der Waals surface area contributed by atoms with Gasteiger partial charge in [0.25, 0.3) is 0 Å². The van der Waals surface area contributed by atoms with Crippen molar-refractivity contribution in [2.75, 3.05) is 37.6 Å². The van der Waals surface area contributed by atoms with Crippen molar-refractivity contribution in [2.24, 2.45) is 0 Å². The van der Waals surface area contributed by atoms with Crippen LogP contribution in [0.15, 0.2) is 28.0 Å². The number of rotatable bonds is 6. The molecule has 20 heavy (non-hydrogen) atoms. The Labute approximate surface area is 124 Å². The van der Waals surface area contributed by atoms with Crippen molar-refractivity contribution in [1.29, 1.82) is 0 Å². The maximum atomic E-state index is 12.4. The highest BCUT2D eigenvalue weighted by molar-refractivity contribution is 7.98. The quantitative estimate of drug-likeness (QED) is 0.765. The van der Waals surface area contributed by atoms with Gasteiger partial charge in [0, 0.05) is 25.6 Å². The van der Waals surface area contributed by atoms with Crippen molar-refractivity contribution in [3.63, 3.8) is 0 Å². The Bertz CT molecular complexity index is 684. The fourth-order valence-corrected chi connectivity index (χ4v) is 4.08. The minimum Gasteiger partial charge on any atom is -0.398 e. The number of anilines is 1. The molecule has 1 aromatic rings. The molecule has 6 nitrogen and oxygen atoms in total. The maximum absolute atomic E-state index is 12.4. The zero-order valence-corrected chi connectivity index (χ0v) is 14.0. The summed E-state index contributed by atoms with van der Waals surface area (Å²) in [7, 11) is -5.84. The summed E-state index contributed by atoms with van der Waals surface area (Å²) in [4.78, 5) is -0.243. The van der Waals surface area contributed by atoms with Crippen LogP contribution in [-0.2, 0) is 19.9 Å². The highest BCUT2D eigenvalue weighted by Gasteiger charge is 2.24. The third-order valence-corrected chi connectivity index (χ3v) is 6.33. The van der Waals surface area contributed by atoms with Crippen LogP contribution in [0.1, 0.15) is 0 Å². The van der Waals surface area contributed by atoms with Gasteiger partial charge in [0.1, 0.15) is 4.90 Å². The molecule has 0 radical (unpaired) electrons. The minimum absolute atomic E-state index is 0.0356. The van der Waals surface area contributed by atoms with Crippen molar-refractivity contribution in [2.45, 2.75) is 9.79 Å². The van der Waals surface area contributed by atoms with Crippen molar-refractivity contribution < 1.29 is 16.8 Å². The largest absolute Gasteiger partial charge is 0.398 e. The molecule has 9 heteroatoms. The Balaban J connectivity index is 3.31. The smallest absolute Gasteiger partial charge is 0.244 e. The summed E-state index contributed by atoms with van der Waals surface area (Å²) < 4.78 is 49.0. The molecule has 2 N–H and O–H groups in total. The number of nitrogens with zero attached hydrogens (tertiary/aromatic N) is 1. The van der Waals surface area contributed by atoms with Gasteiger partial charge in [-0.1, -0.05) is 0 Å².